The first-order chi connectivity index (χ1) is 4.33. The summed E-state index contributed by atoms with van der Waals surface area (Å²) in [7, 11) is 0. The Morgan fingerprint density at radius 1 is 1.36 bits per heavy atom. The third kappa shape index (κ3) is 4.61. The normalized spacial score (nSPS) is 7.27. The fourth-order valence-electron chi connectivity index (χ4n) is 0.652. The van der Waals surface area contributed by atoms with Crippen molar-refractivity contribution in [2.75, 3.05) is 0 Å². The van der Waals surface area contributed by atoms with Crippen LogP contribution < -0.4 is 0 Å². The molecule has 0 unspecified atom stereocenters. The largest absolute Gasteiger partial charge is 0.508 e. The van der Waals surface area contributed by atoms with E-state index in [1.54, 1.807) is 24.3 Å². The average molecular weight is 363 g/mol. The predicted molar refractivity (Wildman–Crippen MR) is 44.9 cm³/mol. The first-order valence-corrected chi connectivity index (χ1v) is 2.74. The summed E-state index contributed by atoms with van der Waals surface area (Å²) in [5.41, 5.74) is 0.940. The number of aromatic hydroxyl groups is 1. The molecule has 0 atom stereocenters. The number of hydrogen-bond acceptors (Lipinski definition) is 1. The second kappa shape index (κ2) is 6.88. The first-order valence-electron chi connectivity index (χ1n) is 2.74. The number of phenolic OH excluding ortho intramolecular Hbond substituents is 1. The Hall–Kier alpha value is 0.202. The zero-order chi connectivity index (χ0) is 6.69. The molecule has 1 nitrogen and oxygen atoms in total. The van der Waals surface area contributed by atoms with Crippen molar-refractivity contribution in [3.05, 3.63) is 36.4 Å². The van der Waals surface area contributed by atoms with E-state index < -0.39 is 0 Å². The molecule has 0 saturated carbocycles. The fraction of sp³-hybridized carbons (Fsp3) is 0.111. The Kier molecular flexibility index (Phi) is 8.62. The second-order valence-electron chi connectivity index (χ2n) is 1.80. The number of benzene rings is 1. The van der Waals surface area contributed by atoms with Crippen LogP contribution in [0.4, 0.5) is 0 Å². The van der Waals surface area contributed by atoms with Crippen molar-refractivity contribution >= 4 is 6.08 Å². The standard InChI is InChI=1S/C8H8O.CH4.Ac/c1-2-7-4-3-5-8(9)6-7;;/h2-6,9H,1H2;1H4;. The topological polar surface area (TPSA) is 20.2 Å². The average Bonchev–Trinajstić information content (AvgIpc) is 1.88. The van der Waals surface area contributed by atoms with Crippen LogP contribution in [-0.2, 0) is 0 Å². The maximum Gasteiger partial charge on any atom is 0.116 e. The van der Waals surface area contributed by atoms with Crippen molar-refractivity contribution in [3.8, 4) is 5.75 Å². The maximum absolute atomic E-state index is 8.90. The number of rotatable bonds is 1. The van der Waals surface area contributed by atoms with Gasteiger partial charge in [0, 0.05) is 44.1 Å². The van der Waals surface area contributed by atoms with Crippen molar-refractivity contribution in [3.63, 3.8) is 0 Å². The summed E-state index contributed by atoms with van der Waals surface area (Å²) in [6, 6.07) is 6.96. The summed E-state index contributed by atoms with van der Waals surface area (Å²) in [5.74, 6) is 0.285. The molecule has 2 heteroatoms. The first kappa shape index (κ1) is 13.8. The molecule has 0 saturated heterocycles. The smallest absolute Gasteiger partial charge is 0.116 e. The summed E-state index contributed by atoms with van der Waals surface area (Å²) in [6.07, 6.45) is 1.69. The molecule has 0 fully saturated rings. The molecule has 0 aromatic heterocycles. The minimum Gasteiger partial charge on any atom is -0.508 e. The molecule has 0 bridgehead atoms. The molecule has 0 spiro atoms. The van der Waals surface area contributed by atoms with Gasteiger partial charge in [0.2, 0.25) is 0 Å². The summed E-state index contributed by atoms with van der Waals surface area (Å²) in [4.78, 5) is 0. The van der Waals surface area contributed by atoms with Gasteiger partial charge in [-0.25, -0.2) is 0 Å². The van der Waals surface area contributed by atoms with Crippen LogP contribution in [-0.4, -0.2) is 5.11 Å². The molecule has 1 N–H and O–H groups in total. The van der Waals surface area contributed by atoms with Crippen molar-refractivity contribution < 1.29 is 49.2 Å². The zero-order valence-corrected chi connectivity index (χ0v) is 10.4. The fourth-order valence-corrected chi connectivity index (χ4v) is 0.652. The summed E-state index contributed by atoms with van der Waals surface area (Å²) in [6.45, 7) is 3.56. The number of hydrogen-bond donors (Lipinski definition) is 1. The van der Waals surface area contributed by atoms with Crippen molar-refractivity contribution in [1.82, 2.24) is 0 Å². The van der Waals surface area contributed by atoms with Gasteiger partial charge in [-0.2, -0.15) is 0 Å². The molecule has 0 amide bonds. The van der Waals surface area contributed by atoms with Gasteiger partial charge in [-0.3, -0.25) is 0 Å². The van der Waals surface area contributed by atoms with Crippen molar-refractivity contribution in [2.45, 2.75) is 7.43 Å². The van der Waals surface area contributed by atoms with Crippen LogP contribution in [0.25, 0.3) is 6.08 Å². The SMILES string of the molecule is C.C=Cc1cccc(O)c1.[Ac]. The molecule has 0 aliphatic carbocycles. The van der Waals surface area contributed by atoms with E-state index in [2.05, 4.69) is 6.58 Å². The second-order valence-corrected chi connectivity index (χ2v) is 1.80. The zero-order valence-electron chi connectivity index (χ0n) is 5.62. The van der Waals surface area contributed by atoms with Gasteiger partial charge < -0.3 is 5.11 Å². The van der Waals surface area contributed by atoms with E-state index in [0.717, 1.165) is 5.56 Å². The molecule has 1 rings (SSSR count). The van der Waals surface area contributed by atoms with E-state index >= 15 is 0 Å². The molecule has 1 radical (unpaired) electrons. The van der Waals surface area contributed by atoms with E-state index in [1.807, 2.05) is 6.07 Å². The van der Waals surface area contributed by atoms with Crippen LogP contribution >= 0.6 is 0 Å². The molecule has 0 aliphatic heterocycles. The molecule has 11 heavy (non-hydrogen) atoms. The molecular formula is C9H12AcO. The predicted octanol–water partition coefficient (Wildman–Crippen LogP) is 2.67. The van der Waals surface area contributed by atoms with Crippen LogP contribution in [0.5, 0.6) is 5.75 Å². The van der Waals surface area contributed by atoms with Crippen molar-refractivity contribution in [1.29, 1.82) is 0 Å². The molecular weight excluding hydrogens is 351 g/mol. The van der Waals surface area contributed by atoms with E-state index in [-0.39, 0.29) is 57.2 Å². The Morgan fingerprint density at radius 2 is 2.00 bits per heavy atom. The third-order valence-electron chi connectivity index (χ3n) is 1.11. The van der Waals surface area contributed by atoms with E-state index in [4.69, 9.17) is 5.11 Å². The Balaban J connectivity index is 0. The quantitative estimate of drug-likeness (QED) is 0.814. The summed E-state index contributed by atoms with van der Waals surface area (Å²) < 4.78 is 0. The minimum absolute atomic E-state index is 0. The molecule has 1 aromatic carbocycles. The molecule has 57 valence electrons. The van der Waals surface area contributed by atoms with Gasteiger partial charge in [0.1, 0.15) is 5.75 Å². The summed E-state index contributed by atoms with van der Waals surface area (Å²) in [5, 5.41) is 8.90. The van der Waals surface area contributed by atoms with Gasteiger partial charge >= 0.3 is 0 Å². The maximum atomic E-state index is 8.90. The van der Waals surface area contributed by atoms with E-state index in [1.165, 1.54) is 0 Å². The molecule has 0 aliphatic rings. The Labute approximate surface area is 104 Å². The Bertz CT molecular complexity index is 221. The van der Waals surface area contributed by atoms with Crippen molar-refractivity contribution in [2.24, 2.45) is 0 Å². The van der Waals surface area contributed by atoms with Gasteiger partial charge in [0.25, 0.3) is 0 Å². The molecule has 0 heterocycles. The monoisotopic (exact) mass is 363 g/mol. The summed E-state index contributed by atoms with van der Waals surface area (Å²) >= 11 is 0. The van der Waals surface area contributed by atoms with Gasteiger partial charge in [-0.05, 0) is 17.7 Å². The Morgan fingerprint density at radius 3 is 2.36 bits per heavy atom. The van der Waals surface area contributed by atoms with Gasteiger partial charge in [0.05, 0.1) is 0 Å². The van der Waals surface area contributed by atoms with Gasteiger partial charge in [-0.1, -0.05) is 32.2 Å². The van der Waals surface area contributed by atoms with Gasteiger partial charge in [0.15, 0.2) is 0 Å². The number of phenols is 1. The van der Waals surface area contributed by atoms with E-state index in [9.17, 15) is 0 Å². The van der Waals surface area contributed by atoms with Gasteiger partial charge in [-0.15, -0.1) is 0 Å². The minimum atomic E-state index is 0. The van der Waals surface area contributed by atoms with Crippen LogP contribution in [0.15, 0.2) is 30.8 Å². The van der Waals surface area contributed by atoms with Crippen LogP contribution in [0, 0.1) is 44.1 Å². The third-order valence-corrected chi connectivity index (χ3v) is 1.11. The van der Waals surface area contributed by atoms with Crippen LogP contribution in [0.1, 0.15) is 13.0 Å². The van der Waals surface area contributed by atoms with E-state index in [0.29, 0.717) is 0 Å². The van der Waals surface area contributed by atoms with Crippen LogP contribution in [0.2, 0.25) is 0 Å². The van der Waals surface area contributed by atoms with Crippen LogP contribution in [0.3, 0.4) is 0 Å². The molecule has 1 aromatic rings.